The number of hydrogen-bond donors (Lipinski definition) is 2. The molecule has 1 aromatic heterocycles. The fourth-order valence-electron chi connectivity index (χ4n) is 5.48. The van der Waals surface area contributed by atoms with Crippen molar-refractivity contribution in [3.63, 3.8) is 0 Å². The molecule has 5 rings (SSSR count). The summed E-state index contributed by atoms with van der Waals surface area (Å²) in [7, 11) is 0. The Kier molecular flexibility index (Phi) is 6.19. The fourth-order valence-corrected chi connectivity index (χ4v) is 5.48. The summed E-state index contributed by atoms with van der Waals surface area (Å²) in [4.78, 5) is 12.9. The van der Waals surface area contributed by atoms with E-state index >= 15 is 0 Å². The molecule has 3 unspecified atom stereocenters. The normalized spacial score (nSPS) is 25.1. The van der Waals surface area contributed by atoms with Crippen LogP contribution in [0, 0.1) is 16.0 Å². The maximum Gasteiger partial charge on any atom is 0.316 e. The molecular formula is C25H30N6O3. The van der Waals surface area contributed by atoms with Gasteiger partial charge in [-0.3, -0.25) is 10.1 Å². The van der Waals surface area contributed by atoms with Crippen LogP contribution in [0.25, 0.3) is 11.5 Å². The smallest absolute Gasteiger partial charge is 0.316 e. The van der Waals surface area contributed by atoms with Crippen molar-refractivity contribution in [2.45, 2.75) is 50.1 Å². The molecule has 0 bridgehead atoms. The molecule has 2 fully saturated rings. The number of piperidine rings is 1. The van der Waals surface area contributed by atoms with Crippen molar-refractivity contribution in [3.05, 3.63) is 64.7 Å². The van der Waals surface area contributed by atoms with Crippen molar-refractivity contribution >= 4 is 17.4 Å². The minimum Gasteiger partial charge on any atom is -0.403 e. The van der Waals surface area contributed by atoms with Gasteiger partial charge in [0.05, 0.1) is 4.92 Å². The average Bonchev–Trinajstić information content (AvgIpc) is 3.35. The molecule has 0 amide bonds. The van der Waals surface area contributed by atoms with Crippen LogP contribution in [0.5, 0.6) is 0 Å². The number of non-ortho nitro benzene ring substituents is 1. The molecule has 1 aliphatic carbocycles. The van der Waals surface area contributed by atoms with Crippen LogP contribution in [0.1, 0.15) is 38.5 Å². The zero-order chi connectivity index (χ0) is 23.5. The Morgan fingerprint density at radius 2 is 1.85 bits per heavy atom. The highest BCUT2D eigenvalue weighted by Crippen LogP contribution is 2.39. The van der Waals surface area contributed by atoms with Gasteiger partial charge in [0, 0.05) is 48.1 Å². The number of nitrogens with one attached hydrogen (secondary N) is 1. The molecule has 9 heteroatoms. The third-order valence-corrected chi connectivity index (χ3v) is 7.35. The fraction of sp³-hybridized carbons (Fsp3) is 0.440. The van der Waals surface area contributed by atoms with E-state index in [1.165, 1.54) is 0 Å². The first-order valence-electron chi connectivity index (χ1n) is 12.0. The standard InChI is InChI=1S/C25H30N6O3/c26-25(19-9-6-16-30(17-19)20-11-13-21(14-12-20)31(32)33)15-5-4-10-22(25)27-24-29-28-23(34-24)18-7-2-1-3-8-18/h1-3,7-8,11-14,19,22H,4-6,9-10,15-17,26H2,(H,27,29). The van der Waals surface area contributed by atoms with Gasteiger partial charge in [-0.2, -0.15) is 0 Å². The third kappa shape index (κ3) is 4.48. The van der Waals surface area contributed by atoms with Crippen molar-refractivity contribution < 1.29 is 9.34 Å². The van der Waals surface area contributed by atoms with E-state index in [0.29, 0.717) is 11.9 Å². The molecule has 3 atom stereocenters. The quantitative estimate of drug-likeness (QED) is 0.402. The summed E-state index contributed by atoms with van der Waals surface area (Å²) in [5, 5.41) is 22.9. The number of nitro groups is 1. The zero-order valence-electron chi connectivity index (χ0n) is 19.1. The second-order valence-corrected chi connectivity index (χ2v) is 9.39. The summed E-state index contributed by atoms with van der Waals surface area (Å²) < 4.78 is 5.92. The van der Waals surface area contributed by atoms with Gasteiger partial charge in [0.1, 0.15) is 0 Å². The number of hydrogen-bond acceptors (Lipinski definition) is 8. The number of nitrogens with zero attached hydrogens (tertiary/aromatic N) is 4. The second-order valence-electron chi connectivity index (χ2n) is 9.39. The van der Waals surface area contributed by atoms with Crippen molar-refractivity contribution in [3.8, 4) is 11.5 Å². The number of nitrogens with two attached hydrogens (primary N) is 1. The molecule has 9 nitrogen and oxygen atoms in total. The van der Waals surface area contributed by atoms with Gasteiger partial charge in [-0.05, 0) is 55.9 Å². The predicted molar refractivity (Wildman–Crippen MR) is 131 cm³/mol. The van der Waals surface area contributed by atoms with Crippen molar-refractivity contribution in [2.24, 2.45) is 11.7 Å². The zero-order valence-corrected chi connectivity index (χ0v) is 19.1. The monoisotopic (exact) mass is 462 g/mol. The molecule has 3 aromatic rings. The topological polar surface area (TPSA) is 123 Å². The number of benzene rings is 2. The van der Waals surface area contributed by atoms with Gasteiger partial charge in [-0.25, -0.2) is 0 Å². The summed E-state index contributed by atoms with van der Waals surface area (Å²) in [5.74, 6) is 0.773. The highest BCUT2D eigenvalue weighted by atomic mass is 16.6. The lowest BCUT2D eigenvalue weighted by Gasteiger charge is -2.50. The molecular weight excluding hydrogens is 432 g/mol. The number of aromatic nitrogens is 2. The van der Waals surface area contributed by atoms with E-state index in [2.05, 4.69) is 20.4 Å². The Labute approximate surface area is 198 Å². The Morgan fingerprint density at radius 3 is 2.62 bits per heavy atom. The van der Waals surface area contributed by atoms with E-state index in [1.54, 1.807) is 12.1 Å². The predicted octanol–water partition coefficient (Wildman–Crippen LogP) is 4.61. The lowest BCUT2D eigenvalue weighted by Crippen LogP contribution is -2.63. The summed E-state index contributed by atoms with van der Waals surface area (Å²) in [5.41, 5.74) is 8.77. The first kappa shape index (κ1) is 22.3. The van der Waals surface area contributed by atoms with Gasteiger partial charge in [-0.15, -0.1) is 5.10 Å². The molecule has 2 heterocycles. The summed E-state index contributed by atoms with van der Waals surface area (Å²) in [6.45, 7) is 1.75. The molecule has 1 saturated heterocycles. The summed E-state index contributed by atoms with van der Waals surface area (Å²) >= 11 is 0. The maximum absolute atomic E-state index is 11.0. The van der Waals surface area contributed by atoms with Crippen LogP contribution in [-0.2, 0) is 0 Å². The third-order valence-electron chi connectivity index (χ3n) is 7.35. The number of rotatable bonds is 6. The second kappa shape index (κ2) is 9.42. The van der Waals surface area contributed by atoms with Crippen LogP contribution in [-0.4, -0.2) is 39.8 Å². The first-order valence-corrected chi connectivity index (χ1v) is 12.0. The largest absolute Gasteiger partial charge is 0.403 e. The van der Waals surface area contributed by atoms with Gasteiger partial charge in [0.25, 0.3) is 5.69 Å². The van der Waals surface area contributed by atoms with Gasteiger partial charge < -0.3 is 20.4 Å². The van der Waals surface area contributed by atoms with E-state index in [0.717, 1.165) is 62.9 Å². The number of anilines is 2. The van der Waals surface area contributed by atoms with Crippen molar-refractivity contribution in [2.75, 3.05) is 23.3 Å². The molecule has 3 N–H and O–H groups in total. The number of nitro benzene ring substituents is 1. The van der Waals surface area contributed by atoms with E-state index in [9.17, 15) is 10.1 Å². The first-order chi connectivity index (χ1) is 16.5. The molecule has 2 aliphatic rings. The summed E-state index contributed by atoms with van der Waals surface area (Å²) in [6, 6.07) is 17.0. The highest BCUT2D eigenvalue weighted by Gasteiger charge is 2.45. The van der Waals surface area contributed by atoms with E-state index < -0.39 is 5.54 Å². The minimum atomic E-state index is -0.404. The van der Waals surface area contributed by atoms with Crippen molar-refractivity contribution in [1.82, 2.24) is 10.2 Å². The maximum atomic E-state index is 11.0. The minimum absolute atomic E-state index is 0.0344. The van der Waals surface area contributed by atoms with Crippen LogP contribution in [0.2, 0.25) is 0 Å². The Balaban J connectivity index is 1.32. The summed E-state index contributed by atoms with van der Waals surface area (Å²) in [6.07, 6.45) is 6.18. The molecule has 0 radical (unpaired) electrons. The van der Waals surface area contributed by atoms with Crippen LogP contribution in [0.3, 0.4) is 0 Å². The van der Waals surface area contributed by atoms with Gasteiger partial charge in [0.15, 0.2) is 0 Å². The van der Waals surface area contributed by atoms with Gasteiger partial charge in [-0.1, -0.05) is 36.1 Å². The molecule has 1 aliphatic heterocycles. The average molecular weight is 463 g/mol. The molecule has 1 saturated carbocycles. The van der Waals surface area contributed by atoms with Crippen molar-refractivity contribution in [1.29, 1.82) is 0 Å². The van der Waals surface area contributed by atoms with Gasteiger partial charge >= 0.3 is 6.01 Å². The van der Waals surface area contributed by atoms with Crippen LogP contribution < -0.4 is 16.0 Å². The molecule has 2 aromatic carbocycles. The molecule has 34 heavy (non-hydrogen) atoms. The van der Waals surface area contributed by atoms with Gasteiger partial charge in [0.2, 0.25) is 5.89 Å². The van der Waals surface area contributed by atoms with Crippen LogP contribution >= 0.6 is 0 Å². The Hall–Kier alpha value is -3.46. The molecule has 0 spiro atoms. The van der Waals surface area contributed by atoms with E-state index in [1.807, 2.05) is 42.5 Å². The molecule has 178 valence electrons. The Bertz CT molecular complexity index is 1120. The lowest BCUT2D eigenvalue weighted by molar-refractivity contribution is -0.384. The SMILES string of the molecule is NC1(C2CCCN(c3ccc([N+](=O)[O-])cc3)C2)CCCCC1Nc1nnc(-c2ccccc2)o1. The van der Waals surface area contributed by atoms with E-state index in [-0.39, 0.29) is 22.6 Å². The van der Waals surface area contributed by atoms with E-state index in [4.69, 9.17) is 10.2 Å². The van der Waals surface area contributed by atoms with Crippen LogP contribution in [0.4, 0.5) is 17.4 Å². The highest BCUT2D eigenvalue weighted by molar-refractivity contribution is 5.53. The Morgan fingerprint density at radius 1 is 1.06 bits per heavy atom. The van der Waals surface area contributed by atoms with Crippen LogP contribution in [0.15, 0.2) is 59.0 Å². The lowest BCUT2D eigenvalue weighted by atomic mass is 9.67.